The molecule has 0 fully saturated rings. The van der Waals surface area contributed by atoms with Crippen LogP contribution in [0.4, 0.5) is 22.0 Å². The number of nitrogens with zero attached hydrogens (tertiary/aromatic N) is 1. The standard InChI is InChI=1S/C11H11F5N2O2/c1-2-20-10(19)5-3-7(9(12)13)18-8(6(5)4-17)11(14,15)16/h3,9H,2,4,17H2,1H3. The number of esters is 1. The Kier molecular flexibility index (Phi) is 4.98. The topological polar surface area (TPSA) is 65.2 Å². The van der Waals surface area contributed by atoms with Crippen molar-refractivity contribution in [3.05, 3.63) is 28.6 Å². The van der Waals surface area contributed by atoms with Crippen LogP contribution in [0.3, 0.4) is 0 Å². The Hall–Kier alpha value is -1.77. The van der Waals surface area contributed by atoms with Crippen LogP contribution in [0.1, 0.15) is 40.7 Å². The van der Waals surface area contributed by atoms with E-state index in [0.717, 1.165) is 0 Å². The van der Waals surface area contributed by atoms with Gasteiger partial charge in [-0.1, -0.05) is 0 Å². The van der Waals surface area contributed by atoms with Gasteiger partial charge in [0.05, 0.1) is 12.2 Å². The molecule has 4 nitrogen and oxygen atoms in total. The Morgan fingerprint density at radius 3 is 2.45 bits per heavy atom. The molecule has 0 amide bonds. The lowest BCUT2D eigenvalue weighted by Gasteiger charge is -2.16. The molecule has 0 radical (unpaired) electrons. The Labute approximate surface area is 110 Å². The summed E-state index contributed by atoms with van der Waals surface area (Å²) in [5.74, 6) is -1.15. The predicted octanol–water partition coefficient (Wildman–Crippen LogP) is 2.67. The Morgan fingerprint density at radius 1 is 1.45 bits per heavy atom. The first-order chi connectivity index (χ1) is 9.22. The number of hydrogen-bond donors (Lipinski definition) is 1. The number of aromatic nitrogens is 1. The summed E-state index contributed by atoms with van der Waals surface area (Å²) in [5, 5.41) is 0. The van der Waals surface area contributed by atoms with Crippen LogP contribution in [0.25, 0.3) is 0 Å². The van der Waals surface area contributed by atoms with E-state index in [4.69, 9.17) is 5.73 Å². The lowest BCUT2D eigenvalue weighted by Crippen LogP contribution is -2.21. The van der Waals surface area contributed by atoms with Crippen LogP contribution in [-0.4, -0.2) is 17.6 Å². The van der Waals surface area contributed by atoms with E-state index in [-0.39, 0.29) is 6.61 Å². The summed E-state index contributed by atoms with van der Waals surface area (Å²) in [5.41, 5.74) is 1.11. The smallest absolute Gasteiger partial charge is 0.433 e. The summed E-state index contributed by atoms with van der Waals surface area (Å²) in [4.78, 5) is 14.4. The van der Waals surface area contributed by atoms with Gasteiger partial charge in [0.1, 0.15) is 11.4 Å². The van der Waals surface area contributed by atoms with Crippen molar-refractivity contribution in [3.8, 4) is 0 Å². The van der Waals surface area contributed by atoms with Gasteiger partial charge in [0.25, 0.3) is 6.43 Å². The fourth-order valence-electron chi connectivity index (χ4n) is 1.54. The molecule has 0 spiro atoms. The van der Waals surface area contributed by atoms with E-state index < -0.39 is 47.6 Å². The van der Waals surface area contributed by atoms with Crippen molar-refractivity contribution in [2.45, 2.75) is 26.1 Å². The van der Waals surface area contributed by atoms with E-state index in [1.807, 2.05) is 0 Å². The molecule has 0 saturated carbocycles. The molecule has 1 rings (SSSR count). The van der Waals surface area contributed by atoms with E-state index in [9.17, 15) is 26.7 Å². The molecule has 0 bridgehead atoms. The third-order valence-corrected chi connectivity index (χ3v) is 2.34. The van der Waals surface area contributed by atoms with Gasteiger partial charge in [0.15, 0.2) is 0 Å². The second-order valence-corrected chi connectivity index (χ2v) is 3.64. The van der Waals surface area contributed by atoms with Gasteiger partial charge in [-0.05, 0) is 13.0 Å². The predicted molar refractivity (Wildman–Crippen MR) is 58.0 cm³/mol. The zero-order valence-electron chi connectivity index (χ0n) is 10.3. The summed E-state index contributed by atoms with van der Waals surface area (Å²) in [6.07, 6.45) is -8.25. The Balaban J connectivity index is 3.55. The highest BCUT2D eigenvalue weighted by atomic mass is 19.4. The highest BCUT2D eigenvalue weighted by Crippen LogP contribution is 2.34. The van der Waals surface area contributed by atoms with Crippen molar-refractivity contribution in [2.75, 3.05) is 6.61 Å². The second kappa shape index (κ2) is 6.12. The van der Waals surface area contributed by atoms with Crippen LogP contribution in [-0.2, 0) is 17.5 Å². The summed E-state index contributed by atoms with van der Waals surface area (Å²) in [7, 11) is 0. The number of halogens is 5. The van der Waals surface area contributed by atoms with Gasteiger partial charge in [-0.3, -0.25) is 0 Å². The minimum Gasteiger partial charge on any atom is -0.462 e. The monoisotopic (exact) mass is 298 g/mol. The summed E-state index contributed by atoms with van der Waals surface area (Å²) in [6.45, 7) is 0.635. The van der Waals surface area contributed by atoms with E-state index in [1.165, 1.54) is 6.92 Å². The molecule has 112 valence electrons. The third kappa shape index (κ3) is 3.41. The van der Waals surface area contributed by atoms with Crippen molar-refractivity contribution >= 4 is 5.97 Å². The molecule has 2 N–H and O–H groups in total. The molecule has 1 aromatic heterocycles. The third-order valence-electron chi connectivity index (χ3n) is 2.34. The summed E-state index contributed by atoms with van der Waals surface area (Å²) >= 11 is 0. The van der Waals surface area contributed by atoms with Crippen LogP contribution in [0.5, 0.6) is 0 Å². The van der Waals surface area contributed by atoms with Gasteiger partial charge in [-0.15, -0.1) is 0 Å². The minimum absolute atomic E-state index is 0.115. The number of ether oxygens (including phenoxy) is 1. The first-order valence-corrected chi connectivity index (χ1v) is 5.48. The van der Waals surface area contributed by atoms with Crippen LogP contribution in [0.15, 0.2) is 6.07 Å². The number of carbonyl (C=O) groups is 1. The fourth-order valence-corrected chi connectivity index (χ4v) is 1.54. The van der Waals surface area contributed by atoms with Crippen LogP contribution >= 0.6 is 0 Å². The molecule has 0 saturated heterocycles. The summed E-state index contributed by atoms with van der Waals surface area (Å²) in [6, 6.07) is 0.570. The highest BCUT2D eigenvalue weighted by Gasteiger charge is 2.38. The fraction of sp³-hybridized carbons (Fsp3) is 0.455. The minimum atomic E-state index is -5.00. The van der Waals surface area contributed by atoms with Gasteiger partial charge in [-0.2, -0.15) is 13.2 Å². The van der Waals surface area contributed by atoms with Gasteiger partial charge in [0, 0.05) is 12.1 Å². The SMILES string of the molecule is CCOC(=O)c1cc(C(F)F)nc(C(F)(F)F)c1CN. The van der Waals surface area contributed by atoms with Crippen molar-refractivity contribution in [1.29, 1.82) is 0 Å². The van der Waals surface area contributed by atoms with E-state index in [2.05, 4.69) is 9.72 Å². The van der Waals surface area contributed by atoms with Gasteiger partial charge < -0.3 is 10.5 Å². The second-order valence-electron chi connectivity index (χ2n) is 3.64. The normalized spacial score (nSPS) is 11.8. The molecule has 1 aromatic rings. The maximum Gasteiger partial charge on any atom is 0.433 e. The maximum absolute atomic E-state index is 12.8. The lowest BCUT2D eigenvalue weighted by atomic mass is 10.0. The average Bonchev–Trinajstić information content (AvgIpc) is 2.36. The molecular weight excluding hydrogens is 287 g/mol. The number of alkyl halides is 5. The highest BCUT2D eigenvalue weighted by molar-refractivity contribution is 5.91. The number of nitrogens with two attached hydrogens (primary N) is 1. The number of hydrogen-bond acceptors (Lipinski definition) is 4. The molecule has 0 atom stereocenters. The molecule has 0 aliphatic rings. The lowest BCUT2D eigenvalue weighted by molar-refractivity contribution is -0.142. The quantitative estimate of drug-likeness (QED) is 0.685. The van der Waals surface area contributed by atoms with Crippen molar-refractivity contribution in [1.82, 2.24) is 4.98 Å². The van der Waals surface area contributed by atoms with Crippen molar-refractivity contribution < 1.29 is 31.5 Å². The van der Waals surface area contributed by atoms with E-state index in [1.54, 1.807) is 0 Å². The van der Waals surface area contributed by atoms with Crippen LogP contribution in [0, 0.1) is 0 Å². The first-order valence-electron chi connectivity index (χ1n) is 5.48. The van der Waals surface area contributed by atoms with Crippen LogP contribution in [0.2, 0.25) is 0 Å². The molecule has 0 aromatic carbocycles. The number of pyridine rings is 1. The molecule has 0 aliphatic heterocycles. The number of carbonyl (C=O) groups excluding carboxylic acids is 1. The molecular formula is C11H11F5N2O2. The van der Waals surface area contributed by atoms with Gasteiger partial charge >= 0.3 is 12.1 Å². The summed E-state index contributed by atoms with van der Waals surface area (Å²) < 4.78 is 68.1. The Morgan fingerprint density at radius 2 is 2.05 bits per heavy atom. The first kappa shape index (κ1) is 16.3. The average molecular weight is 298 g/mol. The van der Waals surface area contributed by atoms with Crippen molar-refractivity contribution in [3.63, 3.8) is 0 Å². The molecule has 0 aliphatic carbocycles. The maximum atomic E-state index is 12.8. The zero-order chi connectivity index (χ0) is 15.5. The van der Waals surface area contributed by atoms with E-state index >= 15 is 0 Å². The van der Waals surface area contributed by atoms with Gasteiger partial charge in [0.2, 0.25) is 0 Å². The Bertz CT molecular complexity index is 502. The molecule has 1 heterocycles. The van der Waals surface area contributed by atoms with Crippen molar-refractivity contribution in [2.24, 2.45) is 5.73 Å². The largest absolute Gasteiger partial charge is 0.462 e. The molecule has 9 heteroatoms. The van der Waals surface area contributed by atoms with E-state index in [0.29, 0.717) is 6.07 Å². The number of rotatable bonds is 4. The van der Waals surface area contributed by atoms with Gasteiger partial charge in [-0.25, -0.2) is 18.6 Å². The van der Waals surface area contributed by atoms with Crippen LogP contribution < -0.4 is 5.73 Å². The molecule has 0 unspecified atom stereocenters. The zero-order valence-corrected chi connectivity index (χ0v) is 10.3. The molecule has 20 heavy (non-hydrogen) atoms.